The maximum absolute atomic E-state index is 13.4. The summed E-state index contributed by atoms with van der Waals surface area (Å²) >= 11 is 0. The summed E-state index contributed by atoms with van der Waals surface area (Å²) in [6.07, 6.45) is 6.57. The topological polar surface area (TPSA) is 49.4 Å². The summed E-state index contributed by atoms with van der Waals surface area (Å²) in [7, 11) is 0. The number of carbonyl (C=O) groups is 2. The molecule has 1 atom stereocenters. The van der Waals surface area contributed by atoms with E-state index in [-0.39, 0.29) is 17.9 Å². The Hall–Kier alpha value is -2.62. The number of hydrogen-bond acceptors (Lipinski definition) is 2. The molecule has 1 aliphatic rings. The fraction of sp³-hybridized carbons (Fsp3) is 0.481. The summed E-state index contributed by atoms with van der Waals surface area (Å²) in [6.45, 7) is 6.53. The van der Waals surface area contributed by atoms with E-state index in [1.165, 1.54) is 30.4 Å². The Kier molecular flexibility index (Phi) is 8.27. The molecule has 31 heavy (non-hydrogen) atoms. The zero-order valence-electron chi connectivity index (χ0n) is 19.2. The summed E-state index contributed by atoms with van der Waals surface area (Å²) < 4.78 is 0. The largest absolute Gasteiger partial charge is 0.352 e. The predicted octanol–water partition coefficient (Wildman–Crippen LogP) is 5.10. The van der Waals surface area contributed by atoms with Crippen molar-refractivity contribution in [1.29, 1.82) is 0 Å². The highest BCUT2D eigenvalue weighted by Crippen LogP contribution is 2.20. The van der Waals surface area contributed by atoms with Crippen LogP contribution in [0.25, 0.3) is 0 Å². The lowest BCUT2D eigenvalue weighted by molar-refractivity contribution is -0.141. The van der Waals surface area contributed by atoms with Gasteiger partial charge < -0.3 is 10.2 Å². The van der Waals surface area contributed by atoms with Gasteiger partial charge in [-0.15, -0.1) is 0 Å². The lowest BCUT2D eigenvalue weighted by atomic mass is 9.95. The minimum Gasteiger partial charge on any atom is -0.352 e. The SMILES string of the molecule is CCC(C(=O)NC1CCCCC1)N(Cc1ccc(C)cc1)C(=O)Cc1ccc(C)cc1. The molecule has 4 heteroatoms. The molecule has 0 radical (unpaired) electrons. The Labute approximate surface area is 187 Å². The molecule has 0 heterocycles. The second kappa shape index (κ2) is 11.1. The van der Waals surface area contributed by atoms with Gasteiger partial charge in [0, 0.05) is 12.6 Å². The highest BCUT2D eigenvalue weighted by atomic mass is 16.2. The normalized spacial score (nSPS) is 15.3. The van der Waals surface area contributed by atoms with Gasteiger partial charge >= 0.3 is 0 Å². The molecular formula is C27H36N2O2. The van der Waals surface area contributed by atoms with Gasteiger partial charge in [0.05, 0.1) is 6.42 Å². The van der Waals surface area contributed by atoms with Crippen LogP contribution in [-0.4, -0.2) is 28.8 Å². The van der Waals surface area contributed by atoms with Crippen LogP contribution in [-0.2, 0) is 22.6 Å². The smallest absolute Gasteiger partial charge is 0.243 e. The van der Waals surface area contributed by atoms with E-state index in [4.69, 9.17) is 0 Å². The van der Waals surface area contributed by atoms with Gasteiger partial charge in [-0.3, -0.25) is 9.59 Å². The third-order valence-electron chi connectivity index (χ3n) is 6.29. The molecule has 2 aromatic rings. The van der Waals surface area contributed by atoms with E-state index >= 15 is 0 Å². The van der Waals surface area contributed by atoms with Crippen molar-refractivity contribution in [2.45, 2.75) is 84.3 Å². The van der Waals surface area contributed by atoms with Crippen molar-refractivity contribution in [2.24, 2.45) is 0 Å². The van der Waals surface area contributed by atoms with Crippen molar-refractivity contribution in [1.82, 2.24) is 10.2 Å². The van der Waals surface area contributed by atoms with Gasteiger partial charge in [0.25, 0.3) is 0 Å². The minimum atomic E-state index is -0.457. The standard InChI is InChI=1S/C27H36N2O2/c1-4-25(27(31)28-24-8-6-5-7-9-24)29(19-23-16-12-21(3)13-17-23)26(30)18-22-14-10-20(2)11-15-22/h10-17,24-25H,4-9,18-19H2,1-3H3,(H,28,31). The monoisotopic (exact) mass is 420 g/mol. The summed E-state index contributed by atoms with van der Waals surface area (Å²) in [5, 5.41) is 3.24. The van der Waals surface area contributed by atoms with Crippen molar-refractivity contribution in [2.75, 3.05) is 0 Å². The Bertz CT molecular complexity index is 852. The molecule has 0 aliphatic heterocycles. The van der Waals surface area contributed by atoms with Crippen molar-refractivity contribution in [3.05, 3.63) is 70.8 Å². The Balaban J connectivity index is 1.79. The van der Waals surface area contributed by atoms with Crippen LogP contribution in [0.2, 0.25) is 0 Å². The van der Waals surface area contributed by atoms with Crippen LogP contribution in [0.1, 0.15) is 67.7 Å². The average Bonchev–Trinajstić information content (AvgIpc) is 2.77. The van der Waals surface area contributed by atoms with Gasteiger partial charge in [-0.25, -0.2) is 0 Å². The number of carbonyl (C=O) groups excluding carboxylic acids is 2. The van der Waals surface area contributed by atoms with Gasteiger partial charge in [-0.05, 0) is 44.2 Å². The van der Waals surface area contributed by atoms with Gasteiger partial charge in [-0.2, -0.15) is 0 Å². The third kappa shape index (κ3) is 6.68. The summed E-state index contributed by atoms with van der Waals surface area (Å²) in [6, 6.07) is 16.0. The molecule has 1 fully saturated rings. The van der Waals surface area contributed by atoms with E-state index in [1.54, 1.807) is 4.90 Å². The van der Waals surface area contributed by atoms with Crippen LogP contribution >= 0.6 is 0 Å². The predicted molar refractivity (Wildman–Crippen MR) is 126 cm³/mol. The Morgan fingerprint density at radius 2 is 1.45 bits per heavy atom. The molecule has 1 unspecified atom stereocenters. The second-order valence-corrected chi connectivity index (χ2v) is 8.94. The van der Waals surface area contributed by atoms with Crippen LogP contribution in [0.5, 0.6) is 0 Å². The molecule has 0 aromatic heterocycles. The summed E-state index contributed by atoms with van der Waals surface area (Å²) in [5.41, 5.74) is 4.38. The highest BCUT2D eigenvalue weighted by Gasteiger charge is 2.30. The van der Waals surface area contributed by atoms with Crippen LogP contribution in [0.3, 0.4) is 0 Å². The fourth-order valence-corrected chi connectivity index (χ4v) is 4.34. The molecule has 2 aromatic carbocycles. The maximum atomic E-state index is 13.4. The van der Waals surface area contributed by atoms with E-state index < -0.39 is 6.04 Å². The molecular weight excluding hydrogens is 384 g/mol. The zero-order valence-corrected chi connectivity index (χ0v) is 19.2. The van der Waals surface area contributed by atoms with E-state index in [0.29, 0.717) is 19.4 Å². The summed E-state index contributed by atoms with van der Waals surface area (Å²) in [5.74, 6) is -0.0196. The zero-order chi connectivity index (χ0) is 22.2. The van der Waals surface area contributed by atoms with Crippen LogP contribution in [0, 0.1) is 13.8 Å². The van der Waals surface area contributed by atoms with Gasteiger partial charge in [-0.1, -0.05) is 85.8 Å². The number of rotatable bonds is 8. The number of hydrogen-bond donors (Lipinski definition) is 1. The van der Waals surface area contributed by atoms with E-state index in [0.717, 1.165) is 24.0 Å². The Morgan fingerprint density at radius 1 is 0.903 bits per heavy atom. The fourth-order valence-electron chi connectivity index (χ4n) is 4.34. The van der Waals surface area contributed by atoms with Crippen LogP contribution in [0.15, 0.2) is 48.5 Å². The first-order valence-electron chi connectivity index (χ1n) is 11.7. The number of amides is 2. The maximum Gasteiger partial charge on any atom is 0.243 e. The first kappa shape index (κ1) is 23.1. The Morgan fingerprint density at radius 3 is 2.00 bits per heavy atom. The molecule has 0 saturated heterocycles. The number of aryl methyl sites for hydroxylation is 2. The van der Waals surface area contributed by atoms with Gasteiger partial charge in [0.2, 0.25) is 11.8 Å². The average molecular weight is 421 g/mol. The molecule has 166 valence electrons. The van der Waals surface area contributed by atoms with Crippen molar-refractivity contribution in [3.8, 4) is 0 Å². The van der Waals surface area contributed by atoms with Crippen LogP contribution in [0.4, 0.5) is 0 Å². The number of nitrogens with one attached hydrogen (secondary N) is 1. The quantitative estimate of drug-likeness (QED) is 0.646. The van der Waals surface area contributed by atoms with Crippen molar-refractivity contribution in [3.63, 3.8) is 0 Å². The summed E-state index contributed by atoms with van der Waals surface area (Å²) in [4.78, 5) is 28.4. The van der Waals surface area contributed by atoms with Crippen LogP contribution < -0.4 is 5.32 Å². The van der Waals surface area contributed by atoms with E-state index in [2.05, 4.69) is 24.4 Å². The number of nitrogens with zero attached hydrogens (tertiary/aromatic N) is 1. The van der Waals surface area contributed by atoms with E-state index in [9.17, 15) is 9.59 Å². The lowest BCUT2D eigenvalue weighted by Crippen LogP contribution is -2.51. The molecule has 4 nitrogen and oxygen atoms in total. The first-order valence-corrected chi connectivity index (χ1v) is 11.7. The number of benzene rings is 2. The first-order chi connectivity index (χ1) is 15.0. The molecule has 0 bridgehead atoms. The molecule has 1 N–H and O–H groups in total. The molecule has 0 spiro atoms. The molecule has 2 amide bonds. The lowest BCUT2D eigenvalue weighted by Gasteiger charge is -2.33. The molecule has 1 aliphatic carbocycles. The molecule has 3 rings (SSSR count). The van der Waals surface area contributed by atoms with Gasteiger partial charge in [0.15, 0.2) is 0 Å². The highest BCUT2D eigenvalue weighted by molar-refractivity contribution is 5.88. The van der Waals surface area contributed by atoms with Gasteiger partial charge in [0.1, 0.15) is 6.04 Å². The molecule has 1 saturated carbocycles. The third-order valence-corrected chi connectivity index (χ3v) is 6.29. The second-order valence-electron chi connectivity index (χ2n) is 8.94. The van der Waals surface area contributed by atoms with Crippen molar-refractivity contribution < 1.29 is 9.59 Å². The van der Waals surface area contributed by atoms with Crippen molar-refractivity contribution >= 4 is 11.8 Å². The minimum absolute atomic E-state index is 0.00456. The van der Waals surface area contributed by atoms with E-state index in [1.807, 2.05) is 50.2 Å².